The van der Waals surface area contributed by atoms with E-state index in [1.807, 2.05) is 19.9 Å². The molecule has 0 bridgehead atoms. The van der Waals surface area contributed by atoms with Crippen molar-refractivity contribution < 1.29 is 9.90 Å². The van der Waals surface area contributed by atoms with Crippen LogP contribution in [0.2, 0.25) is 0 Å². The van der Waals surface area contributed by atoms with Gasteiger partial charge in [-0.25, -0.2) is 0 Å². The fourth-order valence-electron chi connectivity index (χ4n) is 2.71. The van der Waals surface area contributed by atoms with Crippen molar-refractivity contribution in [2.45, 2.75) is 40.5 Å². The van der Waals surface area contributed by atoms with Crippen LogP contribution in [0.3, 0.4) is 0 Å². The minimum absolute atomic E-state index is 0.000903. The lowest BCUT2D eigenvalue weighted by atomic mass is 9.60. The van der Waals surface area contributed by atoms with Gasteiger partial charge in [-0.3, -0.25) is 4.79 Å². The van der Waals surface area contributed by atoms with Crippen LogP contribution in [0.4, 0.5) is 0 Å². The monoisotopic (exact) mass is 222 g/mol. The SMILES string of the molecule is C=C(C)C1C=CC(C)(CC)C[C@@]1(C)C(=O)O. The Morgan fingerprint density at radius 1 is 1.56 bits per heavy atom. The number of hydrogen-bond donors (Lipinski definition) is 1. The average Bonchev–Trinajstić information content (AvgIpc) is 2.17. The largest absolute Gasteiger partial charge is 0.481 e. The first-order valence-corrected chi connectivity index (χ1v) is 5.83. The van der Waals surface area contributed by atoms with E-state index < -0.39 is 11.4 Å². The van der Waals surface area contributed by atoms with E-state index in [1.165, 1.54) is 0 Å². The zero-order valence-electron chi connectivity index (χ0n) is 10.7. The molecule has 0 amide bonds. The summed E-state index contributed by atoms with van der Waals surface area (Å²) < 4.78 is 0. The fraction of sp³-hybridized carbons (Fsp3) is 0.643. The summed E-state index contributed by atoms with van der Waals surface area (Å²) in [7, 11) is 0. The third kappa shape index (κ3) is 2.06. The quantitative estimate of drug-likeness (QED) is 0.740. The van der Waals surface area contributed by atoms with Gasteiger partial charge in [0.25, 0.3) is 0 Å². The van der Waals surface area contributed by atoms with E-state index in [4.69, 9.17) is 0 Å². The smallest absolute Gasteiger partial charge is 0.310 e. The summed E-state index contributed by atoms with van der Waals surface area (Å²) in [5.74, 6) is -0.769. The first kappa shape index (κ1) is 13.0. The van der Waals surface area contributed by atoms with Gasteiger partial charge < -0.3 is 5.11 Å². The van der Waals surface area contributed by atoms with Gasteiger partial charge in [-0.05, 0) is 32.1 Å². The highest BCUT2D eigenvalue weighted by molar-refractivity contribution is 5.76. The molecule has 90 valence electrons. The number of rotatable bonds is 3. The van der Waals surface area contributed by atoms with Crippen molar-refractivity contribution in [2.24, 2.45) is 16.7 Å². The predicted octanol–water partition coefficient (Wildman–Crippen LogP) is 3.65. The van der Waals surface area contributed by atoms with E-state index >= 15 is 0 Å². The minimum Gasteiger partial charge on any atom is -0.481 e. The second-order valence-electron chi connectivity index (χ2n) is 5.59. The third-order valence-corrected chi connectivity index (χ3v) is 3.98. The van der Waals surface area contributed by atoms with Gasteiger partial charge in [-0.2, -0.15) is 0 Å². The molecule has 16 heavy (non-hydrogen) atoms. The zero-order chi connectivity index (χ0) is 12.6. The molecule has 0 radical (unpaired) electrons. The van der Waals surface area contributed by atoms with Crippen LogP contribution < -0.4 is 0 Å². The van der Waals surface area contributed by atoms with E-state index in [1.54, 1.807) is 0 Å². The molecule has 3 atom stereocenters. The molecule has 0 fully saturated rings. The molecule has 0 saturated carbocycles. The van der Waals surface area contributed by atoms with Crippen LogP contribution in [0, 0.1) is 16.7 Å². The summed E-state index contributed by atoms with van der Waals surface area (Å²) in [6.07, 6.45) is 5.84. The summed E-state index contributed by atoms with van der Waals surface area (Å²) in [4.78, 5) is 11.5. The standard InChI is InChI=1S/C14H22O2/c1-6-13(4)8-7-11(10(2)3)14(5,9-13)12(15)16/h7-8,11H,2,6,9H2,1,3-5H3,(H,15,16)/t11?,13?,14-/m1/s1. The normalized spacial score (nSPS) is 38.4. The fourth-order valence-corrected chi connectivity index (χ4v) is 2.71. The maximum Gasteiger partial charge on any atom is 0.310 e. The van der Waals surface area contributed by atoms with Crippen LogP contribution in [0.25, 0.3) is 0 Å². The summed E-state index contributed by atoms with van der Waals surface area (Å²) in [6.45, 7) is 11.9. The molecule has 1 rings (SSSR count). The third-order valence-electron chi connectivity index (χ3n) is 3.98. The molecule has 2 nitrogen and oxygen atoms in total. The maximum atomic E-state index is 11.5. The Balaban J connectivity index is 3.18. The highest BCUT2D eigenvalue weighted by Crippen LogP contribution is 2.49. The molecule has 0 aromatic carbocycles. The summed E-state index contributed by atoms with van der Waals surface area (Å²) >= 11 is 0. The summed E-state index contributed by atoms with van der Waals surface area (Å²) in [5, 5.41) is 9.47. The van der Waals surface area contributed by atoms with Crippen LogP contribution in [0.1, 0.15) is 40.5 Å². The minimum atomic E-state index is -0.718. The van der Waals surface area contributed by atoms with Crippen LogP contribution >= 0.6 is 0 Å². The van der Waals surface area contributed by atoms with Gasteiger partial charge in [0.1, 0.15) is 0 Å². The second-order valence-corrected chi connectivity index (χ2v) is 5.59. The van der Waals surface area contributed by atoms with E-state index in [0.29, 0.717) is 6.42 Å². The maximum absolute atomic E-state index is 11.5. The Morgan fingerprint density at radius 3 is 2.50 bits per heavy atom. The summed E-state index contributed by atoms with van der Waals surface area (Å²) in [6, 6.07) is 0. The lowest BCUT2D eigenvalue weighted by molar-refractivity contribution is -0.152. The predicted molar refractivity (Wildman–Crippen MR) is 66.2 cm³/mol. The van der Waals surface area contributed by atoms with Crippen LogP contribution in [-0.4, -0.2) is 11.1 Å². The Morgan fingerprint density at radius 2 is 2.12 bits per heavy atom. The molecule has 0 heterocycles. The molecule has 1 aliphatic rings. The van der Waals surface area contributed by atoms with Crippen molar-refractivity contribution in [3.05, 3.63) is 24.3 Å². The molecule has 0 spiro atoms. The molecule has 0 saturated heterocycles. The van der Waals surface area contributed by atoms with Gasteiger partial charge >= 0.3 is 5.97 Å². The second kappa shape index (κ2) is 4.08. The first-order valence-electron chi connectivity index (χ1n) is 5.83. The molecule has 1 N–H and O–H groups in total. The van der Waals surface area contributed by atoms with Crippen molar-refractivity contribution in [2.75, 3.05) is 0 Å². The molecule has 2 heteroatoms. The molecular weight excluding hydrogens is 200 g/mol. The number of allylic oxidation sites excluding steroid dienone is 3. The Kier molecular flexibility index (Phi) is 3.32. The number of hydrogen-bond acceptors (Lipinski definition) is 1. The van der Waals surface area contributed by atoms with Crippen molar-refractivity contribution in [1.29, 1.82) is 0 Å². The van der Waals surface area contributed by atoms with Gasteiger partial charge in [-0.15, -0.1) is 0 Å². The van der Waals surface area contributed by atoms with Crippen molar-refractivity contribution in [1.82, 2.24) is 0 Å². The van der Waals surface area contributed by atoms with E-state index in [9.17, 15) is 9.90 Å². The lowest BCUT2D eigenvalue weighted by Crippen LogP contribution is -2.42. The zero-order valence-corrected chi connectivity index (χ0v) is 10.7. The van der Waals surface area contributed by atoms with Crippen LogP contribution in [0.15, 0.2) is 24.3 Å². The van der Waals surface area contributed by atoms with Gasteiger partial charge in [0.15, 0.2) is 0 Å². The van der Waals surface area contributed by atoms with E-state index in [2.05, 4.69) is 26.5 Å². The molecule has 2 unspecified atom stereocenters. The number of carboxylic acids is 1. The summed E-state index contributed by atoms with van der Waals surface area (Å²) in [5.41, 5.74) is 0.212. The highest BCUT2D eigenvalue weighted by atomic mass is 16.4. The molecule has 1 aliphatic carbocycles. The average molecular weight is 222 g/mol. The van der Waals surface area contributed by atoms with Gasteiger partial charge in [0.05, 0.1) is 5.41 Å². The first-order chi connectivity index (χ1) is 7.25. The van der Waals surface area contributed by atoms with Crippen molar-refractivity contribution in [3.63, 3.8) is 0 Å². The van der Waals surface area contributed by atoms with E-state index in [0.717, 1.165) is 12.0 Å². The van der Waals surface area contributed by atoms with Crippen molar-refractivity contribution >= 4 is 5.97 Å². The molecule has 0 aromatic heterocycles. The van der Waals surface area contributed by atoms with Crippen LogP contribution in [-0.2, 0) is 4.79 Å². The van der Waals surface area contributed by atoms with E-state index in [-0.39, 0.29) is 11.3 Å². The Labute approximate surface area is 98.1 Å². The molecular formula is C14H22O2. The highest BCUT2D eigenvalue weighted by Gasteiger charge is 2.47. The number of carbonyl (C=O) groups is 1. The van der Waals surface area contributed by atoms with Gasteiger partial charge in [0.2, 0.25) is 0 Å². The van der Waals surface area contributed by atoms with Gasteiger partial charge in [-0.1, -0.05) is 38.2 Å². The van der Waals surface area contributed by atoms with Crippen molar-refractivity contribution in [3.8, 4) is 0 Å². The lowest BCUT2D eigenvalue weighted by Gasteiger charge is -2.43. The number of carboxylic acid groups (broad SMARTS) is 1. The molecule has 0 aromatic rings. The topological polar surface area (TPSA) is 37.3 Å². The van der Waals surface area contributed by atoms with Gasteiger partial charge in [0, 0.05) is 5.92 Å². The molecule has 0 aliphatic heterocycles. The van der Waals surface area contributed by atoms with Crippen LogP contribution in [0.5, 0.6) is 0 Å². The number of aliphatic carboxylic acids is 1. The Bertz CT molecular complexity index is 343. The Hall–Kier alpha value is -1.05.